The van der Waals surface area contributed by atoms with E-state index in [-0.39, 0.29) is 0 Å². The average Bonchev–Trinajstić information content (AvgIpc) is 2.21. The van der Waals surface area contributed by atoms with Crippen molar-refractivity contribution in [2.75, 3.05) is 10.5 Å². The van der Waals surface area contributed by atoms with Crippen LogP contribution < -0.4 is 4.72 Å². The Bertz CT molecular complexity index is 319. The molecule has 0 saturated carbocycles. The molecule has 0 atom stereocenters. The number of halogens is 1. The number of rotatable bonds is 5. The lowest BCUT2D eigenvalue weighted by atomic mass is 10.3. The summed E-state index contributed by atoms with van der Waals surface area (Å²) in [7, 11) is 0. The van der Waals surface area contributed by atoms with Crippen LogP contribution in [0.25, 0.3) is 0 Å². The highest BCUT2D eigenvalue weighted by Crippen LogP contribution is 2.17. The van der Waals surface area contributed by atoms with Crippen LogP contribution in [0.5, 0.6) is 0 Å². The Labute approximate surface area is 97.6 Å². The summed E-state index contributed by atoms with van der Waals surface area (Å²) in [5.41, 5.74) is 2.12. The Morgan fingerprint density at radius 2 is 2.07 bits per heavy atom. The zero-order chi connectivity index (χ0) is 10.4. The lowest BCUT2D eigenvalue weighted by Crippen LogP contribution is -1.89. The van der Waals surface area contributed by atoms with Crippen LogP contribution in [0, 0.1) is 0 Å². The summed E-state index contributed by atoms with van der Waals surface area (Å²) in [5, 5.41) is 0. The number of allylic oxidation sites excluding steroid dienone is 1. The number of hydrogen-bond acceptors (Lipinski definition) is 2. The fourth-order valence-electron chi connectivity index (χ4n) is 0.789. The largest absolute Gasteiger partial charge is 0.329 e. The van der Waals surface area contributed by atoms with E-state index in [2.05, 4.69) is 33.8 Å². The molecule has 74 valence electrons. The van der Waals surface area contributed by atoms with E-state index in [4.69, 9.17) is 0 Å². The zero-order valence-corrected chi connectivity index (χ0v) is 10.2. The van der Waals surface area contributed by atoms with Crippen molar-refractivity contribution in [1.29, 1.82) is 0 Å². The first-order valence-corrected chi connectivity index (χ1v) is 5.94. The lowest BCUT2D eigenvalue weighted by Gasteiger charge is -2.04. The van der Waals surface area contributed by atoms with E-state index >= 15 is 0 Å². The highest BCUT2D eigenvalue weighted by molar-refractivity contribution is 9.10. The monoisotopic (exact) mass is 269 g/mol. The molecular formula is C11H12BrNS. The second kappa shape index (κ2) is 5.94. The summed E-state index contributed by atoms with van der Waals surface area (Å²) in [6.45, 7) is 7.48. The van der Waals surface area contributed by atoms with Gasteiger partial charge >= 0.3 is 0 Å². The molecule has 0 aliphatic rings. The van der Waals surface area contributed by atoms with Gasteiger partial charge in [0, 0.05) is 15.9 Å². The Hall–Kier alpha value is -0.670. The maximum absolute atomic E-state index is 3.83. The number of nitrogens with one attached hydrogen (secondary N) is 1. The molecule has 14 heavy (non-hydrogen) atoms. The van der Waals surface area contributed by atoms with E-state index in [1.807, 2.05) is 24.3 Å². The Morgan fingerprint density at radius 3 is 2.64 bits per heavy atom. The van der Waals surface area contributed by atoms with Gasteiger partial charge < -0.3 is 4.72 Å². The first-order chi connectivity index (χ1) is 6.72. The minimum Gasteiger partial charge on any atom is -0.329 e. The molecule has 0 saturated heterocycles. The van der Waals surface area contributed by atoms with Crippen LogP contribution in [0.1, 0.15) is 0 Å². The number of benzene rings is 1. The van der Waals surface area contributed by atoms with Gasteiger partial charge in [-0.15, -0.1) is 0 Å². The van der Waals surface area contributed by atoms with Gasteiger partial charge in [0.2, 0.25) is 0 Å². The fraction of sp³-hybridized carbons (Fsp3) is 0.0909. The zero-order valence-electron chi connectivity index (χ0n) is 7.79. The van der Waals surface area contributed by atoms with Crippen LogP contribution in [0.15, 0.2) is 53.5 Å². The van der Waals surface area contributed by atoms with Crippen LogP contribution in [-0.2, 0) is 0 Å². The van der Waals surface area contributed by atoms with E-state index in [1.165, 1.54) is 0 Å². The van der Waals surface area contributed by atoms with Crippen LogP contribution in [0.2, 0.25) is 0 Å². The highest BCUT2D eigenvalue weighted by Gasteiger charge is 1.92. The van der Waals surface area contributed by atoms with Gasteiger partial charge in [-0.25, -0.2) is 0 Å². The summed E-state index contributed by atoms with van der Waals surface area (Å²) in [5.74, 6) is 0.847. The molecule has 0 aromatic heterocycles. The minimum absolute atomic E-state index is 0.847. The third kappa shape index (κ3) is 4.03. The first-order valence-electron chi connectivity index (χ1n) is 4.16. The van der Waals surface area contributed by atoms with Crippen LogP contribution in [0.4, 0.5) is 5.69 Å². The Kier molecular flexibility index (Phi) is 4.84. The molecule has 0 heterocycles. The van der Waals surface area contributed by atoms with Gasteiger partial charge in [0.05, 0.1) is 0 Å². The van der Waals surface area contributed by atoms with Crippen LogP contribution >= 0.6 is 27.9 Å². The quantitative estimate of drug-likeness (QED) is 0.634. The van der Waals surface area contributed by atoms with E-state index in [0.29, 0.717) is 0 Å². The standard InChI is InChI=1S/C11H12BrNS/c1-3-9(2)8-14-13-11-6-4-10(12)5-7-11/h3-7,13H,1-2,8H2. The van der Waals surface area contributed by atoms with E-state index in [1.54, 1.807) is 18.0 Å². The molecule has 0 unspecified atom stereocenters. The summed E-state index contributed by atoms with van der Waals surface area (Å²) in [6.07, 6.45) is 1.77. The molecule has 0 amide bonds. The van der Waals surface area contributed by atoms with Crippen molar-refractivity contribution in [3.05, 3.63) is 53.5 Å². The van der Waals surface area contributed by atoms with Crippen molar-refractivity contribution in [2.24, 2.45) is 0 Å². The van der Waals surface area contributed by atoms with Crippen molar-refractivity contribution in [3.63, 3.8) is 0 Å². The maximum atomic E-state index is 3.83. The molecule has 0 aliphatic carbocycles. The van der Waals surface area contributed by atoms with E-state index < -0.39 is 0 Å². The Balaban J connectivity index is 2.35. The van der Waals surface area contributed by atoms with Crippen molar-refractivity contribution >= 4 is 33.6 Å². The fourth-order valence-corrected chi connectivity index (χ4v) is 1.73. The summed E-state index contributed by atoms with van der Waals surface area (Å²) < 4.78 is 4.31. The van der Waals surface area contributed by atoms with Gasteiger partial charge in [-0.05, 0) is 41.8 Å². The van der Waals surface area contributed by atoms with Gasteiger partial charge in [0.25, 0.3) is 0 Å². The molecule has 0 spiro atoms. The predicted octanol–water partition coefficient (Wildman–Crippen LogP) is 4.25. The smallest absolute Gasteiger partial charge is 0.0440 e. The first kappa shape index (κ1) is 11.4. The van der Waals surface area contributed by atoms with Gasteiger partial charge in [-0.3, -0.25) is 0 Å². The van der Waals surface area contributed by atoms with Gasteiger partial charge in [-0.2, -0.15) is 0 Å². The van der Waals surface area contributed by atoms with E-state index in [9.17, 15) is 0 Å². The summed E-state index contributed by atoms with van der Waals surface area (Å²) in [4.78, 5) is 0. The topological polar surface area (TPSA) is 12.0 Å². The molecule has 1 rings (SSSR count). The van der Waals surface area contributed by atoms with E-state index in [0.717, 1.165) is 21.5 Å². The third-order valence-corrected chi connectivity index (χ3v) is 3.00. The molecule has 0 radical (unpaired) electrons. The van der Waals surface area contributed by atoms with Gasteiger partial charge in [0.15, 0.2) is 0 Å². The van der Waals surface area contributed by atoms with Crippen molar-refractivity contribution < 1.29 is 0 Å². The van der Waals surface area contributed by atoms with Gasteiger partial charge in [0.1, 0.15) is 0 Å². The minimum atomic E-state index is 0.847. The molecule has 1 N–H and O–H groups in total. The van der Waals surface area contributed by atoms with Crippen molar-refractivity contribution in [3.8, 4) is 0 Å². The molecule has 0 bridgehead atoms. The molecule has 0 fully saturated rings. The highest BCUT2D eigenvalue weighted by atomic mass is 79.9. The molecule has 0 aliphatic heterocycles. The van der Waals surface area contributed by atoms with Crippen molar-refractivity contribution in [1.82, 2.24) is 0 Å². The van der Waals surface area contributed by atoms with Crippen LogP contribution in [0.3, 0.4) is 0 Å². The van der Waals surface area contributed by atoms with Crippen molar-refractivity contribution in [2.45, 2.75) is 0 Å². The maximum Gasteiger partial charge on any atom is 0.0440 e. The number of hydrogen-bond donors (Lipinski definition) is 1. The molecule has 3 heteroatoms. The lowest BCUT2D eigenvalue weighted by molar-refractivity contribution is 1.58. The molecular weight excluding hydrogens is 258 g/mol. The summed E-state index contributed by atoms with van der Waals surface area (Å²) >= 11 is 4.99. The predicted molar refractivity (Wildman–Crippen MR) is 69.6 cm³/mol. The third-order valence-electron chi connectivity index (χ3n) is 1.58. The molecule has 1 aromatic carbocycles. The van der Waals surface area contributed by atoms with Crippen LogP contribution in [-0.4, -0.2) is 5.75 Å². The second-order valence-corrected chi connectivity index (χ2v) is 4.46. The molecule has 1 aromatic rings. The second-order valence-electron chi connectivity index (χ2n) is 2.76. The Morgan fingerprint density at radius 1 is 1.43 bits per heavy atom. The summed E-state index contributed by atoms with van der Waals surface area (Å²) in [6, 6.07) is 8.05. The van der Waals surface area contributed by atoms with Gasteiger partial charge in [-0.1, -0.05) is 35.2 Å². The average molecular weight is 270 g/mol. The SMILES string of the molecule is C=CC(=C)CSNc1ccc(Br)cc1. The normalized spacial score (nSPS) is 9.50. The molecule has 1 nitrogen and oxygen atoms in total. The number of anilines is 1.